The van der Waals surface area contributed by atoms with E-state index in [1.165, 1.54) is 31.5 Å². The van der Waals surface area contributed by atoms with Gasteiger partial charge in [0.25, 0.3) is 0 Å². The number of nitrogens with one attached hydrogen (secondary N) is 1. The van der Waals surface area contributed by atoms with Crippen LogP contribution in [0.25, 0.3) is 0 Å². The molecule has 2 N–H and O–H groups in total. The minimum absolute atomic E-state index is 0.0820. The molecule has 1 aliphatic rings. The molecular formula is C20H25N3O6S. The van der Waals surface area contributed by atoms with Crippen LogP contribution in [-0.2, 0) is 25.9 Å². The Morgan fingerprint density at radius 3 is 2.63 bits per heavy atom. The Balaban J connectivity index is 1.63. The van der Waals surface area contributed by atoms with Crippen LogP contribution >= 0.6 is 0 Å². The van der Waals surface area contributed by atoms with Gasteiger partial charge < -0.3 is 9.47 Å². The Labute approximate surface area is 175 Å². The number of hydrogen-bond donors (Lipinski definition) is 2. The van der Waals surface area contributed by atoms with E-state index in [9.17, 15) is 18.4 Å². The third-order valence-corrected chi connectivity index (χ3v) is 6.51. The number of nitrogens with zero attached hydrogens (tertiary/aromatic N) is 2. The Bertz CT molecular complexity index is 959. The Morgan fingerprint density at radius 2 is 1.97 bits per heavy atom. The molecule has 3 rings (SSSR count). The third-order valence-electron chi connectivity index (χ3n) is 4.85. The zero-order chi connectivity index (χ0) is 21.6. The van der Waals surface area contributed by atoms with Crippen molar-refractivity contribution in [3.8, 4) is 5.75 Å². The van der Waals surface area contributed by atoms with Gasteiger partial charge in [-0.2, -0.15) is 0 Å². The van der Waals surface area contributed by atoms with Gasteiger partial charge in [-0.3, -0.25) is 15.4 Å². The average Bonchev–Trinajstić information content (AvgIpc) is 2.74. The quantitative estimate of drug-likeness (QED) is 0.604. The van der Waals surface area contributed by atoms with E-state index in [0.717, 1.165) is 12.8 Å². The van der Waals surface area contributed by atoms with Crippen molar-refractivity contribution in [2.75, 3.05) is 20.3 Å². The highest BCUT2D eigenvalue weighted by Crippen LogP contribution is 2.22. The largest absolute Gasteiger partial charge is 0.497 e. The van der Waals surface area contributed by atoms with Crippen LogP contribution < -0.4 is 10.2 Å². The molecule has 0 spiro atoms. The van der Waals surface area contributed by atoms with Crippen molar-refractivity contribution in [2.24, 2.45) is 5.92 Å². The first kappa shape index (κ1) is 22.2. The van der Waals surface area contributed by atoms with Gasteiger partial charge in [0.1, 0.15) is 5.75 Å². The molecule has 0 unspecified atom stereocenters. The first-order chi connectivity index (χ1) is 14.4. The first-order valence-electron chi connectivity index (χ1n) is 9.56. The molecule has 0 atom stereocenters. The Kier molecular flexibility index (Phi) is 7.38. The summed E-state index contributed by atoms with van der Waals surface area (Å²) < 4.78 is 35.9. The number of rotatable bonds is 8. The normalized spacial score (nSPS) is 15.2. The number of hydrogen-bond acceptors (Lipinski definition) is 8. The fourth-order valence-corrected chi connectivity index (χ4v) is 4.43. The standard InChI is InChI=1S/C20H25N3O6S/c1-28-17-2-4-18(5-3-17)30(26,27)20-13-16(6-9-21-20)14-23(25)22-19(24)12-15-7-10-29-11-8-15/h2-6,9,13,15,25H,7-8,10-12,14H2,1H3,(H,22,24). The topological polar surface area (TPSA) is 118 Å². The predicted molar refractivity (Wildman–Crippen MR) is 106 cm³/mol. The number of carbonyl (C=O) groups excluding carboxylic acids is 1. The molecule has 10 heteroatoms. The van der Waals surface area contributed by atoms with Gasteiger partial charge in [-0.25, -0.2) is 13.4 Å². The number of benzene rings is 1. The highest BCUT2D eigenvalue weighted by atomic mass is 32.2. The van der Waals surface area contributed by atoms with E-state index < -0.39 is 9.84 Å². The van der Waals surface area contributed by atoms with Gasteiger partial charge in [0, 0.05) is 25.8 Å². The highest BCUT2D eigenvalue weighted by molar-refractivity contribution is 7.91. The van der Waals surface area contributed by atoms with Crippen LogP contribution in [0.3, 0.4) is 0 Å². The summed E-state index contributed by atoms with van der Waals surface area (Å²) >= 11 is 0. The molecule has 1 amide bonds. The monoisotopic (exact) mass is 435 g/mol. The fourth-order valence-electron chi connectivity index (χ4n) is 3.19. The summed E-state index contributed by atoms with van der Waals surface area (Å²) in [7, 11) is -2.33. The van der Waals surface area contributed by atoms with Gasteiger partial charge in [-0.15, -0.1) is 0 Å². The fraction of sp³-hybridized carbons (Fsp3) is 0.400. The van der Waals surface area contributed by atoms with Crippen LogP contribution in [0.1, 0.15) is 24.8 Å². The summed E-state index contributed by atoms with van der Waals surface area (Å²) in [5.74, 6) is 0.474. The smallest absolute Gasteiger partial charge is 0.236 e. The molecule has 2 heterocycles. The molecule has 0 bridgehead atoms. The van der Waals surface area contributed by atoms with Crippen molar-refractivity contribution < 1.29 is 27.9 Å². The lowest BCUT2D eigenvalue weighted by Gasteiger charge is -2.22. The summed E-state index contributed by atoms with van der Waals surface area (Å²) in [6, 6.07) is 8.93. The van der Waals surface area contributed by atoms with Gasteiger partial charge in [0.2, 0.25) is 15.7 Å². The molecule has 0 saturated carbocycles. The molecular weight excluding hydrogens is 410 g/mol. The molecule has 2 aromatic rings. The van der Waals surface area contributed by atoms with Gasteiger partial charge in [0.05, 0.1) is 18.6 Å². The molecule has 1 aromatic carbocycles. The van der Waals surface area contributed by atoms with Crippen molar-refractivity contribution in [1.29, 1.82) is 0 Å². The van der Waals surface area contributed by atoms with E-state index >= 15 is 0 Å². The Morgan fingerprint density at radius 1 is 1.27 bits per heavy atom. The number of hydroxylamine groups is 1. The van der Waals surface area contributed by atoms with Gasteiger partial charge in [-0.1, -0.05) is 5.17 Å². The zero-order valence-electron chi connectivity index (χ0n) is 16.7. The van der Waals surface area contributed by atoms with Crippen molar-refractivity contribution in [3.63, 3.8) is 0 Å². The minimum Gasteiger partial charge on any atom is -0.497 e. The van der Waals surface area contributed by atoms with E-state index in [1.807, 2.05) is 0 Å². The second-order valence-electron chi connectivity index (χ2n) is 7.03. The lowest BCUT2D eigenvalue weighted by molar-refractivity contribution is -0.166. The number of amides is 1. The number of sulfone groups is 1. The summed E-state index contributed by atoms with van der Waals surface area (Å²) in [5.41, 5.74) is 2.88. The zero-order valence-corrected chi connectivity index (χ0v) is 17.5. The number of methoxy groups -OCH3 is 1. The van der Waals surface area contributed by atoms with E-state index in [4.69, 9.17) is 9.47 Å². The number of carbonyl (C=O) groups is 1. The van der Waals surface area contributed by atoms with E-state index in [-0.39, 0.29) is 28.3 Å². The molecule has 1 aliphatic heterocycles. The van der Waals surface area contributed by atoms with Gasteiger partial charge >= 0.3 is 0 Å². The van der Waals surface area contributed by atoms with E-state index in [0.29, 0.717) is 36.1 Å². The minimum atomic E-state index is -3.83. The maximum absolute atomic E-state index is 12.8. The maximum atomic E-state index is 12.8. The molecule has 1 fully saturated rings. The lowest BCUT2D eigenvalue weighted by Crippen LogP contribution is -2.40. The third kappa shape index (κ3) is 5.76. The molecule has 1 aromatic heterocycles. The molecule has 0 radical (unpaired) electrons. The molecule has 0 aliphatic carbocycles. The molecule has 9 nitrogen and oxygen atoms in total. The van der Waals surface area contributed by atoms with Gasteiger partial charge in [0.15, 0.2) is 5.03 Å². The number of pyridine rings is 1. The van der Waals surface area contributed by atoms with Crippen LogP contribution in [-0.4, -0.2) is 50.0 Å². The molecule has 1 saturated heterocycles. The van der Waals surface area contributed by atoms with Crippen molar-refractivity contribution in [1.82, 2.24) is 15.6 Å². The number of aromatic nitrogens is 1. The number of hydrazine groups is 1. The highest BCUT2D eigenvalue weighted by Gasteiger charge is 2.21. The van der Waals surface area contributed by atoms with Crippen LogP contribution in [0.15, 0.2) is 52.5 Å². The van der Waals surface area contributed by atoms with Crippen LogP contribution in [0.4, 0.5) is 0 Å². The van der Waals surface area contributed by atoms with E-state index in [1.54, 1.807) is 18.2 Å². The number of ether oxygens (including phenoxy) is 2. The van der Waals surface area contributed by atoms with Crippen molar-refractivity contribution in [2.45, 2.75) is 35.7 Å². The summed E-state index contributed by atoms with van der Waals surface area (Å²) in [4.78, 5) is 16.1. The van der Waals surface area contributed by atoms with Crippen LogP contribution in [0.2, 0.25) is 0 Å². The summed E-state index contributed by atoms with van der Waals surface area (Å²) in [5, 5.41) is 10.6. The van der Waals surface area contributed by atoms with Crippen molar-refractivity contribution >= 4 is 15.7 Å². The maximum Gasteiger partial charge on any atom is 0.236 e. The summed E-state index contributed by atoms with van der Waals surface area (Å²) in [6.07, 6.45) is 3.28. The van der Waals surface area contributed by atoms with Gasteiger partial charge in [-0.05, 0) is 60.7 Å². The predicted octanol–water partition coefficient (Wildman–Crippen LogP) is 1.96. The average molecular weight is 436 g/mol. The second kappa shape index (κ2) is 9.98. The van der Waals surface area contributed by atoms with Crippen LogP contribution in [0, 0.1) is 5.92 Å². The first-order valence-corrected chi connectivity index (χ1v) is 11.0. The summed E-state index contributed by atoms with van der Waals surface area (Å²) in [6.45, 7) is 1.19. The molecule has 30 heavy (non-hydrogen) atoms. The van der Waals surface area contributed by atoms with E-state index in [2.05, 4.69) is 10.4 Å². The lowest BCUT2D eigenvalue weighted by atomic mass is 9.96. The SMILES string of the molecule is COc1ccc(S(=O)(=O)c2cc(CN(O)NC(=O)CC3CCOCC3)ccn2)cc1. The second-order valence-corrected chi connectivity index (χ2v) is 8.93. The van der Waals surface area contributed by atoms with Crippen molar-refractivity contribution in [3.05, 3.63) is 48.2 Å². The molecule has 162 valence electrons. The Hall–Kier alpha value is -2.53. The van der Waals surface area contributed by atoms with Crippen LogP contribution in [0.5, 0.6) is 5.75 Å².